The van der Waals surface area contributed by atoms with Gasteiger partial charge in [0.25, 0.3) is 5.91 Å². The lowest BCUT2D eigenvalue weighted by Crippen LogP contribution is -2.38. The molecule has 1 aliphatic rings. The molecule has 1 aromatic carbocycles. The average Bonchev–Trinajstić information content (AvgIpc) is 2.87. The second kappa shape index (κ2) is 5.23. The summed E-state index contributed by atoms with van der Waals surface area (Å²) in [7, 11) is 0. The van der Waals surface area contributed by atoms with Gasteiger partial charge in [0.1, 0.15) is 5.82 Å². The number of hydrogen-bond donors (Lipinski definition) is 0. The van der Waals surface area contributed by atoms with Crippen LogP contribution in [-0.4, -0.2) is 32.1 Å². The molecule has 1 aliphatic heterocycles. The summed E-state index contributed by atoms with van der Waals surface area (Å²) in [6, 6.07) is 7.94. The Morgan fingerprint density at radius 2 is 1.77 bits per heavy atom. The van der Waals surface area contributed by atoms with Gasteiger partial charge in [-0.15, -0.1) is 10.2 Å². The highest BCUT2D eigenvalue weighted by molar-refractivity contribution is 5.94. The lowest BCUT2D eigenvalue weighted by molar-refractivity contribution is 0.0706. The molecule has 0 unspecified atom stereocenters. The zero-order chi connectivity index (χ0) is 15.9. The van der Waals surface area contributed by atoms with E-state index in [9.17, 15) is 4.79 Å². The van der Waals surface area contributed by atoms with Crippen molar-refractivity contribution in [3.05, 3.63) is 47.0 Å². The molecule has 0 atom stereocenters. The van der Waals surface area contributed by atoms with E-state index in [1.165, 1.54) is 5.56 Å². The minimum Gasteiger partial charge on any atom is -0.329 e. The quantitative estimate of drug-likeness (QED) is 0.813. The van der Waals surface area contributed by atoms with Gasteiger partial charge in [0.05, 0.1) is 6.54 Å². The molecule has 0 spiro atoms. The van der Waals surface area contributed by atoms with Crippen LogP contribution in [0.15, 0.2) is 24.3 Å². The van der Waals surface area contributed by atoms with E-state index in [0.717, 1.165) is 23.8 Å². The van der Waals surface area contributed by atoms with E-state index in [-0.39, 0.29) is 11.3 Å². The standard InChI is InChI=1S/C17H22N4O/c1-12-18-19-15-11-20(9-10-21(12)15)16(22)13-5-7-14(8-6-13)17(2,3)4/h5-8H,9-11H2,1-4H3. The smallest absolute Gasteiger partial charge is 0.254 e. The Balaban J connectivity index is 1.78. The monoisotopic (exact) mass is 298 g/mol. The molecule has 0 N–H and O–H groups in total. The van der Waals surface area contributed by atoms with Crippen molar-refractivity contribution < 1.29 is 4.79 Å². The number of nitrogens with zero attached hydrogens (tertiary/aromatic N) is 4. The summed E-state index contributed by atoms with van der Waals surface area (Å²) in [5.41, 5.74) is 2.07. The molecule has 3 rings (SSSR count). The lowest BCUT2D eigenvalue weighted by Gasteiger charge is -2.28. The van der Waals surface area contributed by atoms with Crippen molar-refractivity contribution >= 4 is 5.91 Å². The van der Waals surface area contributed by atoms with Crippen LogP contribution in [0.1, 0.15) is 48.3 Å². The summed E-state index contributed by atoms with van der Waals surface area (Å²) in [4.78, 5) is 14.5. The first-order chi connectivity index (χ1) is 10.4. The van der Waals surface area contributed by atoms with E-state index in [0.29, 0.717) is 13.1 Å². The maximum absolute atomic E-state index is 12.6. The zero-order valence-corrected chi connectivity index (χ0v) is 13.6. The topological polar surface area (TPSA) is 51.0 Å². The number of carbonyl (C=O) groups is 1. The Labute approximate surface area is 131 Å². The highest BCUT2D eigenvalue weighted by atomic mass is 16.2. The normalized spacial score (nSPS) is 14.8. The van der Waals surface area contributed by atoms with Gasteiger partial charge in [-0.25, -0.2) is 0 Å². The fraction of sp³-hybridized carbons (Fsp3) is 0.471. The van der Waals surface area contributed by atoms with E-state index < -0.39 is 0 Å². The molecule has 2 heterocycles. The third-order valence-corrected chi connectivity index (χ3v) is 4.22. The molecule has 1 amide bonds. The largest absolute Gasteiger partial charge is 0.329 e. The highest BCUT2D eigenvalue weighted by Gasteiger charge is 2.24. The van der Waals surface area contributed by atoms with Crippen molar-refractivity contribution in [2.45, 2.75) is 46.2 Å². The zero-order valence-electron chi connectivity index (χ0n) is 13.6. The van der Waals surface area contributed by atoms with Gasteiger partial charge in [0.2, 0.25) is 0 Å². The molecule has 0 saturated carbocycles. The third-order valence-electron chi connectivity index (χ3n) is 4.22. The Morgan fingerprint density at radius 1 is 1.09 bits per heavy atom. The summed E-state index contributed by atoms with van der Waals surface area (Å²) < 4.78 is 2.08. The van der Waals surface area contributed by atoms with Gasteiger partial charge in [0, 0.05) is 18.7 Å². The molecule has 1 aromatic heterocycles. The maximum Gasteiger partial charge on any atom is 0.254 e. The predicted molar refractivity (Wildman–Crippen MR) is 84.6 cm³/mol. The van der Waals surface area contributed by atoms with E-state index in [1.807, 2.05) is 36.1 Å². The van der Waals surface area contributed by atoms with Gasteiger partial charge in [-0.3, -0.25) is 4.79 Å². The Bertz CT molecular complexity index is 694. The second-order valence-electron chi connectivity index (χ2n) is 6.87. The van der Waals surface area contributed by atoms with Crippen LogP contribution in [0.25, 0.3) is 0 Å². The van der Waals surface area contributed by atoms with Crippen LogP contribution < -0.4 is 0 Å². The van der Waals surface area contributed by atoms with E-state index in [2.05, 4.69) is 35.5 Å². The molecular formula is C17H22N4O. The molecule has 0 fully saturated rings. The number of aromatic nitrogens is 3. The number of rotatable bonds is 1. The van der Waals surface area contributed by atoms with Crippen molar-refractivity contribution in [3.63, 3.8) is 0 Å². The summed E-state index contributed by atoms with van der Waals surface area (Å²) >= 11 is 0. The van der Waals surface area contributed by atoms with Gasteiger partial charge in [-0.2, -0.15) is 0 Å². The maximum atomic E-state index is 12.6. The lowest BCUT2D eigenvalue weighted by atomic mass is 9.86. The van der Waals surface area contributed by atoms with Crippen LogP contribution >= 0.6 is 0 Å². The molecule has 0 aliphatic carbocycles. The number of benzene rings is 1. The van der Waals surface area contributed by atoms with Crippen molar-refractivity contribution in [2.24, 2.45) is 0 Å². The highest BCUT2D eigenvalue weighted by Crippen LogP contribution is 2.23. The molecule has 2 aromatic rings. The van der Waals surface area contributed by atoms with Crippen molar-refractivity contribution in [3.8, 4) is 0 Å². The van der Waals surface area contributed by atoms with Gasteiger partial charge in [-0.05, 0) is 30.0 Å². The number of amides is 1. The van der Waals surface area contributed by atoms with Crippen LogP contribution in [0.3, 0.4) is 0 Å². The molecule has 0 saturated heterocycles. The van der Waals surface area contributed by atoms with Gasteiger partial charge in [0.15, 0.2) is 5.82 Å². The summed E-state index contributed by atoms with van der Waals surface area (Å²) in [5.74, 6) is 1.84. The first kappa shape index (κ1) is 14.8. The van der Waals surface area contributed by atoms with E-state index >= 15 is 0 Å². The Hall–Kier alpha value is -2.17. The van der Waals surface area contributed by atoms with Gasteiger partial charge >= 0.3 is 0 Å². The number of fused-ring (bicyclic) bond motifs is 1. The SMILES string of the molecule is Cc1nnc2n1CCN(C(=O)c1ccc(C(C)(C)C)cc1)C2. The predicted octanol–water partition coefficient (Wildman–Crippen LogP) is 2.54. The van der Waals surface area contributed by atoms with Crippen LogP contribution in [0, 0.1) is 6.92 Å². The molecule has 5 nitrogen and oxygen atoms in total. The van der Waals surface area contributed by atoms with Crippen LogP contribution in [0.5, 0.6) is 0 Å². The number of carbonyl (C=O) groups excluding carboxylic acids is 1. The van der Waals surface area contributed by atoms with Crippen molar-refractivity contribution in [2.75, 3.05) is 6.54 Å². The van der Waals surface area contributed by atoms with Crippen LogP contribution in [0.2, 0.25) is 0 Å². The summed E-state index contributed by atoms with van der Waals surface area (Å²) in [5, 5.41) is 8.23. The first-order valence-electron chi connectivity index (χ1n) is 7.65. The second-order valence-corrected chi connectivity index (χ2v) is 6.87. The molecule has 0 radical (unpaired) electrons. The van der Waals surface area contributed by atoms with Gasteiger partial charge < -0.3 is 9.47 Å². The van der Waals surface area contributed by atoms with Crippen LogP contribution in [-0.2, 0) is 18.5 Å². The molecular weight excluding hydrogens is 276 g/mol. The van der Waals surface area contributed by atoms with Crippen molar-refractivity contribution in [1.29, 1.82) is 0 Å². The minimum atomic E-state index is 0.0624. The number of aryl methyl sites for hydroxylation is 1. The first-order valence-corrected chi connectivity index (χ1v) is 7.65. The Kier molecular flexibility index (Phi) is 3.51. The minimum absolute atomic E-state index is 0.0624. The van der Waals surface area contributed by atoms with Crippen molar-refractivity contribution in [1.82, 2.24) is 19.7 Å². The fourth-order valence-corrected chi connectivity index (χ4v) is 2.77. The fourth-order valence-electron chi connectivity index (χ4n) is 2.77. The molecule has 22 heavy (non-hydrogen) atoms. The van der Waals surface area contributed by atoms with Gasteiger partial charge in [-0.1, -0.05) is 32.9 Å². The summed E-state index contributed by atoms with van der Waals surface area (Å²) in [6.45, 7) is 10.4. The Morgan fingerprint density at radius 3 is 2.41 bits per heavy atom. The summed E-state index contributed by atoms with van der Waals surface area (Å²) in [6.07, 6.45) is 0. The van der Waals surface area contributed by atoms with E-state index in [4.69, 9.17) is 0 Å². The van der Waals surface area contributed by atoms with E-state index in [1.54, 1.807) is 0 Å². The number of hydrogen-bond acceptors (Lipinski definition) is 3. The molecule has 0 bridgehead atoms. The molecule has 116 valence electrons. The molecule has 5 heteroatoms. The average molecular weight is 298 g/mol. The van der Waals surface area contributed by atoms with Crippen LogP contribution in [0.4, 0.5) is 0 Å². The third kappa shape index (κ3) is 2.63.